The van der Waals surface area contributed by atoms with Crippen molar-refractivity contribution in [1.29, 1.82) is 0 Å². The van der Waals surface area contributed by atoms with Crippen LogP contribution in [0.3, 0.4) is 0 Å². The van der Waals surface area contributed by atoms with Gasteiger partial charge in [-0.25, -0.2) is 0 Å². The minimum Gasteiger partial charge on any atom is -0.375 e. The lowest BCUT2D eigenvalue weighted by molar-refractivity contribution is -0.0683. The van der Waals surface area contributed by atoms with Crippen LogP contribution in [0, 0.1) is 12.8 Å². The molecule has 2 fully saturated rings. The zero-order chi connectivity index (χ0) is 18.4. The predicted molar refractivity (Wildman–Crippen MR) is 103 cm³/mol. The molecular weight excluding hydrogens is 326 g/mol. The first-order valence-electron chi connectivity index (χ1n) is 9.65. The highest BCUT2D eigenvalue weighted by Gasteiger charge is 2.38. The SMILES string of the molecule is Cc1ccc2c(c1)cc(C(=O)N[C@H]1C[C@H]3CO[C@H](C(C)C)CN3C1)n2C. The van der Waals surface area contributed by atoms with Gasteiger partial charge in [-0.05, 0) is 37.5 Å². The second-order valence-electron chi connectivity index (χ2n) is 8.28. The van der Waals surface area contributed by atoms with Crippen LogP contribution in [0.2, 0.25) is 0 Å². The number of carbonyl (C=O) groups excluding carboxylic acids is 1. The molecule has 2 aliphatic rings. The second kappa shape index (κ2) is 6.71. The first kappa shape index (κ1) is 17.6. The van der Waals surface area contributed by atoms with Gasteiger partial charge in [-0.15, -0.1) is 0 Å². The Morgan fingerprint density at radius 3 is 2.85 bits per heavy atom. The zero-order valence-electron chi connectivity index (χ0n) is 16.2. The predicted octanol–water partition coefficient (Wildman–Crippen LogP) is 2.71. The molecule has 3 atom stereocenters. The van der Waals surface area contributed by atoms with Crippen LogP contribution < -0.4 is 5.32 Å². The van der Waals surface area contributed by atoms with Crippen LogP contribution >= 0.6 is 0 Å². The summed E-state index contributed by atoms with van der Waals surface area (Å²) in [6, 6.07) is 8.93. The van der Waals surface area contributed by atoms with Crippen LogP contribution in [0.1, 0.15) is 36.3 Å². The molecule has 0 radical (unpaired) electrons. The molecule has 0 saturated carbocycles. The van der Waals surface area contributed by atoms with Crippen molar-refractivity contribution in [3.8, 4) is 0 Å². The van der Waals surface area contributed by atoms with Gasteiger partial charge in [0.15, 0.2) is 0 Å². The number of aromatic nitrogens is 1. The maximum Gasteiger partial charge on any atom is 0.268 e. The molecule has 0 unspecified atom stereocenters. The fraction of sp³-hybridized carbons (Fsp3) is 0.571. The minimum atomic E-state index is 0.0209. The fourth-order valence-corrected chi connectivity index (χ4v) is 4.35. The van der Waals surface area contributed by atoms with Crippen molar-refractivity contribution >= 4 is 16.8 Å². The first-order valence-corrected chi connectivity index (χ1v) is 9.65. The molecule has 2 aliphatic heterocycles. The second-order valence-corrected chi connectivity index (χ2v) is 8.28. The van der Waals surface area contributed by atoms with E-state index in [1.165, 1.54) is 5.56 Å². The number of rotatable bonds is 3. The summed E-state index contributed by atoms with van der Waals surface area (Å²) in [6.45, 7) is 9.17. The van der Waals surface area contributed by atoms with Crippen LogP contribution in [0.5, 0.6) is 0 Å². The van der Waals surface area contributed by atoms with Crippen molar-refractivity contribution in [3.63, 3.8) is 0 Å². The molecule has 0 bridgehead atoms. The van der Waals surface area contributed by atoms with Crippen molar-refractivity contribution in [3.05, 3.63) is 35.5 Å². The molecule has 5 nitrogen and oxygen atoms in total. The highest BCUT2D eigenvalue weighted by molar-refractivity contribution is 5.99. The number of nitrogens with zero attached hydrogens (tertiary/aromatic N) is 2. The summed E-state index contributed by atoms with van der Waals surface area (Å²) in [5.41, 5.74) is 3.03. The van der Waals surface area contributed by atoms with Gasteiger partial charge >= 0.3 is 0 Å². The van der Waals surface area contributed by atoms with E-state index in [1.807, 2.05) is 17.7 Å². The number of fused-ring (bicyclic) bond motifs is 2. The maximum atomic E-state index is 12.9. The van der Waals surface area contributed by atoms with Gasteiger partial charge in [0.25, 0.3) is 5.91 Å². The minimum absolute atomic E-state index is 0.0209. The molecule has 1 aromatic carbocycles. The Balaban J connectivity index is 1.45. The van der Waals surface area contributed by atoms with E-state index < -0.39 is 0 Å². The number of ether oxygens (including phenoxy) is 1. The van der Waals surface area contributed by atoms with E-state index in [0.29, 0.717) is 18.1 Å². The summed E-state index contributed by atoms with van der Waals surface area (Å²) in [7, 11) is 1.96. The van der Waals surface area contributed by atoms with Gasteiger partial charge in [-0.3, -0.25) is 9.69 Å². The van der Waals surface area contributed by atoms with Gasteiger partial charge in [0.05, 0.1) is 12.7 Å². The van der Waals surface area contributed by atoms with E-state index in [9.17, 15) is 4.79 Å². The molecule has 1 aromatic heterocycles. The fourth-order valence-electron chi connectivity index (χ4n) is 4.35. The molecule has 1 amide bonds. The number of benzene rings is 1. The van der Waals surface area contributed by atoms with E-state index in [2.05, 4.69) is 49.2 Å². The number of aryl methyl sites for hydroxylation is 2. The Morgan fingerprint density at radius 2 is 2.08 bits per heavy atom. The van der Waals surface area contributed by atoms with Crippen LogP contribution in [0.15, 0.2) is 24.3 Å². The molecule has 4 rings (SSSR count). The van der Waals surface area contributed by atoms with Crippen molar-refractivity contribution < 1.29 is 9.53 Å². The summed E-state index contributed by atoms with van der Waals surface area (Å²) in [5, 5.41) is 4.38. The Morgan fingerprint density at radius 1 is 1.27 bits per heavy atom. The summed E-state index contributed by atoms with van der Waals surface area (Å²) >= 11 is 0. The van der Waals surface area contributed by atoms with E-state index in [4.69, 9.17) is 4.74 Å². The lowest BCUT2D eigenvalue weighted by Crippen LogP contribution is -2.48. The van der Waals surface area contributed by atoms with Crippen LogP contribution in [-0.4, -0.2) is 53.3 Å². The average Bonchev–Trinajstić information content (AvgIpc) is 3.14. The van der Waals surface area contributed by atoms with Gasteiger partial charge < -0.3 is 14.6 Å². The van der Waals surface area contributed by atoms with Gasteiger partial charge in [0.2, 0.25) is 0 Å². The molecule has 3 heterocycles. The Bertz CT molecular complexity index is 826. The summed E-state index contributed by atoms with van der Waals surface area (Å²) in [5.74, 6) is 0.552. The third-order valence-electron chi connectivity index (χ3n) is 5.95. The van der Waals surface area contributed by atoms with E-state index in [1.54, 1.807) is 0 Å². The van der Waals surface area contributed by atoms with Crippen molar-refractivity contribution in [1.82, 2.24) is 14.8 Å². The van der Waals surface area contributed by atoms with Crippen LogP contribution in [0.4, 0.5) is 0 Å². The number of nitrogens with one attached hydrogen (secondary N) is 1. The molecular formula is C21H29N3O2. The van der Waals surface area contributed by atoms with Gasteiger partial charge in [0.1, 0.15) is 5.69 Å². The molecule has 26 heavy (non-hydrogen) atoms. The van der Waals surface area contributed by atoms with E-state index >= 15 is 0 Å². The summed E-state index contributed by atoms with van der Waals surface area (Å²) in [4.78, 5) is 15.4. The van der Waals surface area contributed by atoms with Crippen molar-refractivity contribution in [2.75, 3.05) is 19.7 Å². The molecule has 1 N–H and O–H groups in total. The number of hydrogen-bond acceptors (Lipinski definition) is 3. The van der Waals surface area contributed by atoms with E-state index in [0.717, 1.165) is 42.7 Å². The largest absolute Gasteiger partial charge is 0.375 e. The summed E-state index contributed by atoms with van der Waals surface area (Å²) in [6.07, 6.45) is 1.28. The molecule has 0 spiro atoms. The highest BCUT2D eigenvalue weighted by atomic mass is 16.5. The van der Waals surface area contributed by atoms with Crippen LogP contribution in [-0.2, 0) is 11.8 Å². The van der Waals surface area contributed by atoms with Crippen molar-refractivity contribution in [2.45, 2.75) is 45.4 Å². The Hall–Kier alpha value is -1.85. The van der Waals surface area contributed by atoms with Gasteiger partial charge in [-0.1, -0.05) is 25.5 Å². The first-order chi connectivity index (χ1) is 12.4. The van der Waals surface area contributed by atoms with E-state index in [-0.39, 0.29) is 11.9 Å². The van der Waals surface area contributed by atoms with Crippen LogP contribution in [0.25, 0.3) is 10.9 Å². The molecule has 2 saturated heterocycles. The molecule has 0 aliphatic carbocycles. The Kier molecular flexibility index (Phi) is 4.53. The monoisotopic (exact) mass is 355 g/mol. The smallest absolute Gasteiger partial charge is 0.268 e. The Labute approximate surface area is 155 Å². The third kappa shape index (κ3) is 3.14. The topological polar surface area (TPSA) is 46.5 Å². The number of carbonyl (C=O) groups is 1. The third-order valence-corrected chi connectivity index (χ3v) is 5.95. The summed E-state index contributed by atoms with van der Waals surface area (Å²) < 4.78 is 7.99. The standard InChI is InChI=1S/C21H29N3O2/c1-13(2)20-11-24-10-16(9-17(24)12-26-20)22-21(25)19-8-15-7-14(3)5-6-18(15)23(19)4/h5-8,13,16-17,20H,9-12H2,1-4H3,(H,22,25)/t16-,17-,20-/m0/s1. The maximum absolute atomic E-state index is 12.9. The normalized spacial score (nSPS) is 26.4. The average molecular weight is 355 g/mol. The van der Waals surface area contributed by atoms with Gasteiger partial charge in [0, 0.05) is 43.1 Å². The highest BCUT2D eigenvalue weighted by Crippen LogP contribution is 2.26. The number of amides is 1. The lowest BCUT2D eigenvalue weighted by Gasteiger charge is -2.36. The lowest BCUT2D eigenvalue weighted by atomic mass is 10.0. The molecule has 140 valence electrons. The molecule has 5 heteroatoms. The quantitative estimate of drug-likeness (QED) is 0.921. The zero-order valence-corrected chi connectivity index (χ0v) is 16.2. The number of hydrogen-bond donors (Lipinski definition) is 1. The van der Waals surface area contributed by atoms with Crippen molar-refractivity contribution in [2.24, 2.45) is 13.0 Å². The van der Waals surface area contributed by atoms with Gasteiger partial charge in [-0.2, -0.15) is 0 Å². The molecule has 2 aromatic rings. The number of morpholine rings is 1.